The second-order valence-corrected chi connectivity index (χ2v) is 5.64. The lowest BCUT2D eigenvalue weighted by Crippen LogP contribution is -2.54. The molecule has 2 bridgehead atoms. The smallest absolute Gasteiger partial charge is 0.0509 e. The summed E-state index contributed by atoms with van der Waals surface area (Å²) in [6.07, 6.45) is 0. The summed E-state index contributed by atoms with van der Waals surface area (Å²) in [4.78, 5) is 2.57. The number of hydrogen-bond donors (Lipinski definition) is 1. The van der Waals surface area contributed by atoms with E-state index in [0.29, 0.717) is 17.8 Å². The lowest BCUT2D eigenvalue weighted by atomic mass is 9.76. The quantitative estimate of drug-likeness (QED) is 0.874. The molecule has 2 unspecified atom stereocenters. The van der Waals surface area contributed by atoms with Gasteiger partial charge < -0.3 is 10.5 Å². The van der Waals surface area contributed by atoms with Crippen LogP contribution in [0.25, 0.3) is 0 Å². The minimum atomic E-state index is 0.631. The number of piperidine rings is 1. The van der Waals surface area contributed by atoms with E-state index in [1.54, 1.807) is 0 Å². The SMILES string of the molecule is NCC1C2COCC1CN(Cc1ccccc1)C2. The van der Waals surface area contributed by atoms with Crippen LogP contribution in [0.4, 0.5) is 0 Å². The van der Waals surface area contributed by atoms with E-state index in [0.717, 1.165) is 39.4 Å². The monoisotopic (exact) mass is 246 g/mol. The van der Waals surface area contributed by atoms with Crippen LogP contribution < -0.4 is 5.73 Å². The zero-order chi connectivity index (χ0) is 12.4. The van der Waals surface area contributed by atoms with Crippen LogP contribution in [0.15, 0.2) is 30.3 Å². The molecule has 0 aliphatic carbocycles. The Labute approximate surface area is 109 Å². The van der Waals surface area contributed by atoms with Crippen LogP contribution in [0.1, 0.15) is 5.56 Å². The zero-order valence-electron chi connectivity index (χ0n) is 10.8. The predicted molar refractivity (Wildman–Crippen MR) is 72.1 cm³/mol. The molecule has 1 aromatic rings. The van der Waals surface area contributed by atoms with Crippen LogP contribution in [-0.4, -0.2) is 37.7 Å². The molecule has 98 valence electrons. The minimum Gasteiger partial charge on any atom is -0.381 e. The molecule has 2 aliphatic rings. The highest BCUT2D eigenvalue weighted by atomic mass is 16.5. The Hall–Kier alpha value is -0.900. The van der Waals surface area contributed by atoms with E-state index in [-0.39, 0.29) is 0 Å². The number of nitrogens with two attached hydrogens (primary N) is 1. The molecule has 0 amide bonds. The van der Waals surface area contributed by atoms with Gasteiger partial charge in [0, 0.05) is 19.6 Å². The highest BCUT2D eigenvalue weighted by molar-refractivity contribution is 5.14. The first-order chi connectivity index (χ1) is 8.86. The Morgan fingerprint density at radius 3 is 2.39 bits per heavy atom. The van der Waals surface area contributed by atoms with Gasteiger partial charge >= 0.3 is 0 Å². The van der Waals surface area contributed by atoms with Crippen molar-refractivity contribution in [2.24, 2.45) is 23.5 Å². The van der Waals surface area contributed by atoms with Crippen LogP contribution in [0.5, 0.6) is 0 Å². The number of nitrogens with zero attached hydrogens (tertiary/aromatic N) is 1. The Kier molecular flexibility index (Phi) is 3.64. The van der Waals surface area contributed by atoms with Gasteiger partial charge in [0.15, 0.2) is 0 Å². The molecule has 2 atom stereocenters. The van der Waals surface area contributed by atoms with Gasteiger partial charge in [0.25, 0.3) is 0 Å². The van der Waals surface area contributed by atoms with Crippen molar-refractivity contribution in [3.63, 3.8) is 0 Å². The molecule has 2 N–H and O–H groups in total. The third-order valence-electron chi connectivity index (χ3n) is 4.38. The molecule has 3 nitrogen and oxygen atoms in total. The summed E-state index contributed by atoms with van der Waals surface area (Å²) in [5, 5.41) is 0. The first kappa shape index (κ1) is 12.2. The summed E-state index contributed by atoms with van der Waals surface area (Å²) in [7, 11) is 0. The van der Waals surface area contributed by atoms with E-state index in [1.807, 2.05) is 0 Å². The lowest BCUT2D eigenvalue weighted by Gasteiger charge is -2.46. The number of fused-ring (bicyclic) bond motifs is 2. The molecule has 2 saturated heterocycles. The fourth-order valence-corrected chi connectivity index (χ4v) is 3.47. The largest absolute Gasteiger partial charge is 0.381 e. The maximum Gasteiger partial charge on any atom is 0.0509 e. The molecule has 0 radical (unpaired) electrons. The second-order valence-electron chi connectivity index (χ2n) is 5.64. The molecule has 0 spiro atoms. The number of rotatable bonds is 3. The van der Waals surface area contributed by atoms with Gasteiger partial charge in [-0.05, 0) is 29.9 Å². The molecular formula is C15H22N2O. The highest BCUT2D eigenvalue weighted by Crippen LogP contribution is 2.33. The van der Waals surface area contributed by atoms with Crippen molar-refractivity contribution in [2.75, 3.05) is 32.8 Å². The first-order valence-electron chi connectivity index (χ1n) is 6.91. The van der Waals surface area contributed by atoms with Gasteiger partial charge in [0.05, 0.1) is 13.2 Å². The predicted octanol–water partition coefficient (Wildman–Crippen LogP) is 1.34. The molecule has 18 heavy (non-hydrogen) atoms. The summed E-state index contributed by atoms with van der Waals surface area (Å²) in [5.74, 6) is 1.93. The van der Waals surface area contributed by atoms with Gasteiger partial charge in [-0.2, -0.15) is 0 Å². The minimum absolute atomic E-state index is 0.631. The van der Waals surface area contributed by atoms with Crippen molar-refractivity contribution in [1.82, 2.24) is 4.90 Å². The van der Waals surface area contributed by atoms with Crippen LogP contribution in [0.2, 0.25) is 0 Å². The average Bonchev–Trinajstić information content (AvgIpc) is 2.39. The topological polar surface area (TPSA) is 38.5 Å². The molecule has 3 rings (SSSR count). The van der Waals surface area contributed by atoms with Gasteiger partial charge in [-0.15, -0.1) is 0 Å². The van der Waals surface area contributed by atoms with E-state index in [1.165, 1.54) is 5.56 Å². The molecular weight excluding hydrogens is 224 g/mol. The normalized spacial score (nSPS) is 32.4. The molecule has 2 fully saturated rings. The Morgan fingerprint density at radius 1 is 1.11 bits per heavy atom. The van der Waals surface area contributed by atoms with Crippen molar-refractivity contribution < 1.29 is 4.74 Å². The fourth-order valence-electron chi connectivity index (χ4n) is 3.47. The van der Waals surface area contributed by atoms with E-state index < -0.39 is 0 Å². The van der Waals surface area contributed by atoms with Gasteiger partial charge in [-0.25, -0.2) is 0 Å². The molecule has 2 aliphatic heterocycles. The van der Waals surface area contributed by atoms with E-state index in [9.17, 15) is 0 Å². The van der Waals surface area contributed by atoms with E-state index >= 15 is 0 Å². The third-order valence-corrected chi connectivity index (χ3v) is 4.38. The lowest BCUT2D eigenvalue weighted by molar-refractivity contribution is -0.0818. The number of benzene rings is 1. The summed E-state index contributed by atoms with van der Waals surface area (Å²) in [6.45, 7) is 5.93. The third kappa shape index (κ3) is 2.44. The van der Waals surface area contributed by atoms with Crippen molar-refractivity contribution in [3.05, 3.63) is 35.9 Å². The molecule has 0 aromatic heterocycles. The van der Waals surface area contributed by atoms with Crippen molar-refractivity contribution in [3.8, 4) is 0 Å². The van der Waals surface area contributed by atoms with Gasteiger partial charge in [0.1, 0.15) is 0 Å². The standard InChI is InChI=1S/C15H22N2O/c16-6-15-13-8-17(9-14(15)11-18-10-13)7-12-4-2-1-3-5-12/h1-5,13-15H,6-11,16H2. The first-order valence-corrected chi connectivity index (χ1v) is 6.91. The Bertz CT molecular complexity index is 367. The number of ether oxygens (including phenoxy) is 1. The van der Waals surface area contributed by atoms with E-state index in [2.05, 4.69) is 35.2 Å². The van der Waals surface area contributed by atoms with Gasteiger partial charge in [-0.1, -0.05) is 30.3 Å². The second kappa shape index (κ2) is 5.39. The van der Waals surface area contributed by atoms with Crippen molar-refractivity contribution in [1.29, 1.82) is 0 Å². The summed E-state index contributed by atoms with van der Waals surface area (Å²) >= 11 is 0. The van der Waals surface area contributed by atoms with Crippen molar-refractivity contribution >= 4 is 0 Å². The summed E-state index contributed by atoms with van der Waals surface area (Å²) in [6, 6.07) is 10.7. The Balaban J connectivity index is 1.66. The molecule has 1 aromatic carbocycles. The van der Waals surface area contributed by atoms with Crippen LogP contribution in [0.3, 0.4) is 0 Å². The highest BCUT2D eigenvalue weighted by Gasteiger charge is 2.39. The molecule has 2 heterocycles. The van der Waals surface area contributed by atoms with Crippen molar-refractivity contribution in [2.45, 2.75) is 6.54 Å². The number of hydrogen-bond acceptors (Lipinski definition) is 3. The van der Waals surface area contributed by atoms with Crippen LogP contribution in [0, 0.1) is 17.8 Å². The van der Waals surface area contributed by atoms with Crippen LogP contribution >= 0.6 is 0 Å². The van der Waals surface area contributed by atoms with E-state index in [4.69, 9.17) is 10.5 Å². The van der Waals surface area contributed by atoms with Crippen LogP contribution in [-0.2, 0) is 11.3 Å². The van der Waals surface area contributed by atoms with Gasteiger partial charge in [0.2, 0.25) is 0 Å². The molecule has 0 saturated carbocycles. The number of likely N-dealkylation sites (tertiary alicyclic amines) is 1. The summed E-state index contributed by atoms with van der Waals surface area (Å²) in [5.41, 5.74) is 7.32. The maximum atomic E-state index is 5.92. The Morgan fingerprint density at radius 2 is 1.78 bits per heavy atom. The van der Waals surface area contributed by atoms with Gasteiger partial charge in [-0.3, -0.25) is 4.90 Å². The maximum absolute atomic E-state index is 5.92. The molecule has 3 heteroatoms. The average molecular weight is 246 g/mol. The summed E-state index contributed by atoms with van der Waals surface area (Å²) < 4.78 is 5.68. The zero-order valence-corrected chi connectivity index (χ0v) is 10.8. The fraction of sp³-hybridized carbons (Fsp3) is 0.600.